The van der Waals surface area contributed by atoms with Gasteiger partial charge in [-0.05, 0) is 36.1 Å². The molecular formula is C11H17N5O3. The molecule has 0 bridgehead atoms. The van der Waals surface area contributed by atoms with Gasteiger partial charge in [-0.3, -0.25) is 9.59 Å². The highest BCUT2D eigenvalue weighted by atomic mass is 16.4. The largest absolute Gasteiger partial charge is 0.481 e. The van der Waals surface area contributed by atoms with Crippen LogP contribution >= 0.6 is 0 Å². The number of hydrogen-bond donors (Lipinski definition) is 1. The van der Waals surface area contributed by atoms with Gasteiger partial charge in [0.05, 0.1) is 0 Å². The number of rotatable bonds is 5. The molecule has 1 aliphatic rings. The van der Waals surface area contributed by atoms with E-state index >= 15 is 0 Å². The number of carboxylic acid groups (broad SMARTS) is 1. The van der Waals surface area contributed by atoms with Crippen molar-refractivity contribution in [3.63, 3.8) is 0 Å². The van der Waals surface area contributed by atoms with Crippen molar-refractivity contribution in [1.29, 1.82) is 0 Å². The average Bonchev–Trinajstić information content (AvgIpc) is 2.89. The van der Waals surface area contributed by atoms with Crippen molar-refractivity contribution < 1.29 is 14.7 Å². The number of aliphatic carboxylic acids is 1. The van der Waals surface area contributed by atoms with Crippen molar-refractivity contribution in [1.82, 2.24) is 25.1 Å². The summed E-state index contributed by atoms with van der Waals surface area (Å²) in [6.45, 7) is 0.793. The molecule has 0 aromatic carbocycles. The van der Waals surface area contributed by atoms with Crippen LogP contribution in [-0.4, -0.2) is 54.7 Å². The Kier molecular flexibility index (Phi) is 4.43. The summed E-state index contributed by atoms with van der Waals surface area (Å²) in [5.74, 6) is -0.874. The van der Waals surface area contributed by atoms with E-state index in [1.54, 1.807) is 4.90 Å². The lowest BCUT2D eigenvalue weighted by Gasteiger charge is -2.35. The Balaban J connectivity index is 1.94. The Labute approximate surface area is 110 Å². The van der Waals surface area contributed by atoms with Gasteiger partial charge < -0.3 is 10.0 Å². The lowest BCUT2D eigenvalue weighted by atomic mass is 9.98. The van der Waals surface area contributed by atoms with E-state index in [1.807, 2.05) is 0 Å². The number of nitrogens with zero attached hydrogens (tertiary/aromatic N) is 5. The van der Waals surface area contributed by atoms with Gasteiger partial charge in [0.2, 0.25) is 5.91 Å². The molecule has 0 aliphatic carbocycles. The Morgan fingerprint density at radius 3 is 2.89 bits per heavy atom. The summed E-state index contributed by atoms with van der Waals surface area (Å²) in [6.07, 6.45) is 4.88. The molecule has 8 nitrogen and oxygen atoms in total. The number of amides is 1. The lowest BCUT2D eigenvalue weighted by molar-refractivity contribution is -0.140. The number of likely N-dealkylation sites (tertiary alicyclic amines) is 1. The van der Waals surface area contributed by atoms with E-state index in [1.165, 1.54) is 11.0 Å². The molecule has 2 heterocycles. The van der Waals surface area contributed by atoms with E-state index in [4.69, 9.17) is 5.11 Å². The first-order chi connectivity index (χ1) is 9.16. The van der Waals surface area contributed by atoms with E-state index in [2.05, 4.69) is 15.5 Å². The maximum atomic E-state index is 12.2. The summed E-state index contributed by atoms with van der Waals surface area (Å²) < 4.78 is 1.38. The van der Waals surface area contributed by atoms with Crippen LogP contribution in [0.1, 0.15) is 32.1 Å². The smallest absolute Gasteiger partial charge is 0.303 e. The fraction of sp³-hybridized carbons (Fsp3) is 0.727. The maximum Gasteiger partial charge on any atom is 0.303 e. The normalized spacial score (nSPS) is 19.4. The van der Waals surface area contributed by atoms with Crippen LogP contribution in [0.5, 0.6) is 0 Å². The van der Waals surface area contributed by atoms with Crippen LogP contribution in [0.3, 0.4) is 0 Å². The molecule has 0 saturated carbocycles. The second kappa shape index (κ2) is 6.26. The molecule has 0 unspecified atom stereocenters. The van der Waals surface area contributed by atoms with E-state index in [0.29, 0.717) is 13.0 Å². The van der Waals surface area contributed by atoms with Gasteiger partial charge in [0, 0.05) is 19.0 Å². The van der Waals surface area contributed by atoms with E-state index in [9.17, 15) is 9.59 Å². The average molecular weight is 267 g/mol. The van der Waals surface area contributed by atoms with Crippen molar-refractivity contribution in [2.45, 2.75) is 44.7 Å². The predicted molar refractivity (Wildman–Crippen MR) is 64.0 cm³/mol. The molecule has 1 N–H and O–H groups in total. The third kappa shape index (κ3) is 3.73. The molecule has 1 atom stereocenters. The number of carboxylic acids is 1. The number of carbonyl (C=O) groups is 2. The van der Waals surface area contributed by atoms with Gasteiger partial charge >= 0.3 is 5.97 Å². The van der Waals surface area contributed by atoms with Crippen LogP contribution in [0.4, 0.5) is 0 Å². The van der Waals surface area contributed by atoms with Gasteiger partial charge in [0.25, 0.3) is 0 Å². The minimum atomic E-state index is -0.821. The molecule has 1 fully saturated rings. The molecule has 1 aromatic rings. The van der Waals surface area contributed by atoms with E-state index in [0.717, 1.165) is 19.3 Å². The first-order valence-corrected chi connectivity index (χ1v) is 6.39. The molecule has 19 heavy (non-hydrogen) atoms. The van der Waals surface area contributed by atoms with E-state index in [-0.39, 0.29) is 24.9 Å². The van der Waals surface area contributed by atoms with Gasteiger partial charge in [0.15, 0.2) is 0 Å². The Morgan fingerprint density at radius 2 is 2.21 bits per heavy atom. The van der Waals surface area contributed by atoms with Crippen molar-refractivity contribution >= 4 is 11.9 Å². The van der Waals surface area contributed by atoms with Crippen LogP contribution in [0.15, 0.2) is 6.33 Å². The summed E-state index contributed by atoms with van der Waals surface area (Å²) in [4.78, 5) is 24.6. The number of hydrogen-bond acceptors (Lipinski definition) is 5. The number of tetrazole rings is 1. The topological polar surface area (TPSA) is 101 Å². The van der Waals surface area contributed by atoms with Gasteiger partial charge in [-0.2, -0.15) is 0 Å². The van der Waals surface area contributed by atoms with E-state index < -0.39 is 5.97 Å². The highest BCUT2D eigenvalue weighted by Crippen LogP contribution is 2.21. The Bertz CT molecular complexity index is 434. The van der Waals surface area contributed by atoms with Gasteiger partial charge in [-0.15, -0.1) is 5.10 Å². The van der Waals surface area contributed by atoms with Gasteiger partial charge in [-0.25, -0.2) is 4.68 Å². The van der Waals surface area contributed by atoms with Crippen molar-refractivity contribution in [3.8, 4) is 0 Å². The van der Waals surface area contributed by atoms with Crippen molar-refractivity contribution in [3.05, 3.63) is 6.33 Å². The molecule has 2 rings (SSSR count). The SMILES string of the molecule is O=C(O)CC[C@@H]1CCCCN1C(=O)Cn1cnnn1. The second-order valence-electron chi connectivity index (χ2n) is 4.68. The molecular weight excluding hydrogens is 250 g/mol. The number of piperidine rings is 1. The molecule has 0 radical (unpaired) electrons. The lowest BCUT2D eigenvalue weighted by Crippen LogP contribution is -2.45. The molecule has 1 amide bonds. The van der Waals surface area contributed by atoms with Gasteiger partial charge in [0.1, 0.15) is 12.9 Å². The Hall–Kier alpha value is -1.99. The second-order valence-corrected chi connectivity index (χ2v) is 4.68. The molecule has 1 saturated heterocycles. The standard InChI is InChI=1S/C11H17N5O3/c17-10(7-15-8-12-13-14-15)16-6-2-1-3-9(16)4-5-11(18)19/h8-9H,1-7H2,(H,18,19)/t9-/m0/s1. The molecule has 0 spiro atoms. The van der Waals surface area contributed by atoms with Crippen LogP contribution in [0, 0.1) is 0 Å². The fourth-order valence-corrected chi connectivity index (χ4v) is 2.40. The zero-order chi connectivity index (χ0) is 13.7. The monoisotopic (exact) mass is 267 g/mol. The summed E-state index contributed by atoms with van der Waals surface area (Å²) in [5.41, 5.74) is 0. The summed E-state index contributed by atoms with van der Waals surface area (Å²) in [5, 5.41) is 19.4. The summed E-state index contributed by atoms with van der Waals surface area (Å²) in [7, 11) is 0. The third-order valence-electron chi connectivity index (χ3n) is 3.33. The first-order valence-electron chi connectivity index (χ1n) is 6.39. The van der Waals surface area contributed by atoms with Crippen LogP contribution in [0.25, 0.3) is 0 Å². The molecule has 8 heteroatoms. The Morgan fingerprint density at radius 1 is 1.37 bits per heavy atom. The van der Waals surface area contributed by atoms with Crippen LogP contribution in [0.2, 0.25) is 0 Å². The fourth-order valence-electron chi connectivity index (χ4n) is 2.40. The summed E-state index contributed by atoms with van der Waals surface area (Å²) >= 11 is 0. The number of carbonyl (C=O) groups excluding carboxylic acids is 1. The third-order valence-corrected chi connectivity index (χ3v) is 3.33. The van der Waals surface area contributed by atoms with Crippen molar-refractivity contribution in [2.75, 3.05) is 6.54 Å². The minimum absolute atomic E-state index is 0.0221. The molecule has 104 valence electrons. The zero-order valence-corrected chi connectivity index (χ0v) is 10.6. The van der Waals surface area contributed by atoms with Crippen molar-refractivity contribution in [2.24, 2.45) is 0 Å². The van der Waals surface area contributed by atoms with Crippen LogP contribution < -0.4 is 0 Å². The summed E-state index contributed by atoms with van der Waals surface area (Å²) in [6, 6.07) is 0.0221. The number of aromatic nitrogens is 4. The molecule has 1 aliphatic heterocycles. The maximum absolute atomic E-state index is 12.2. The highest BCUT2D eigenvalue weighted by Gasteiger charge is 2.27. The van der Waals surface area contributed by atoms with Gasteiger partial charge in [-0.1, -0.05) is 0 Å². The minimum Gasteiger partial charge on any atom is -0.481 e. The first kappa shape index (κ1) is 13.4. The predicted octanol–water partition coefficient (Wildman–Crippen LogP) is -0.0810. The zero-order valence-electron chi connectivity index (χ0n) is 10.6. The van der Waals surface area contributed by atoms with Crippen LogP contribution in [-0.2, 0) is 16.1 Å². The quantitative estimate of drug-likeness (QED) is 0.800. The highest BCUT2D eigenvalue weighted by molar-refractivity contribution is 5.76. The molecule has 1 aromatic heterocycles.